The number of carbonyl (C=O) groups is 3. The van der Waals surface area contributed by atoms with E-state index in [1.54, 1.807) is 10.3 Å². The molecule has 0 aliphatic carbocycles. The number of hydrogen-bond donors (Lipinski definition) is 4. The Hall–Kier alpha value is -3.92. The minimum Gasteiger partial charge on any atom is -0.493 e. The molecule has 1 aliphatic rings. The molecule has 10 heteroatoms. The van der Waals surface area contributed by atoms with Crippen molar-refractivity contribution in [2.75, 3.05) is 6.61 Å². The van der Waals surface area contributed by atoms with Gasteiger partial charge in [-0.05, 0) is 50.1 Å². The van der Waals surface area contributed by atoms with Crippen LogP contribution in [0.15, 0.2) is 53.9 Å². The summed E-state index contributed by atoms with van der Waals surface area (Å²) in [6.45, 7) is 2.92. The van der Waals surface area contributed by atoms with Crippen LogP contribution in [0.2, 0.25) is 0 Å². The molecule has 1 aliphatic heterocycles. The second-order valence-corrected chi connectivity index (χ2v) is 10.1. The lowest BCUT2D eigenvalue weighted by atomic mass is 10.1. The average molecular weight is 538 g/mol. The lowest BCUT2D eigenvalue weighted by Gasteiger charge is -2.28. The predicted molar refractivity (Wildman–Crippen MR) is 150 cm³/mol. The molecule has 2 unspecified atom stereocenters. The van der Waals surface area contributed by atoms with Gasteiger partial charge in [0.15, 0.2) is 0 Å². The number of primary amides is 1. The standard InChI is InChI=1S/C27H32N4O3S.CH3NO/c1-18-12-13-23(27(33)30-16-21-15-20(17-35-21)26(28)29)31(18)25(32)11-4-5-14-34-24-10-6-8-19-7-2-3-9-22(19)24;2-1-3/h2-3,6-10,15,17-18,23H,4-5,11-14,16H2,1H3,(H3,28,29)(H,30,33);1H,(H2,2,3). The summed E-state index contributed by atoms with van der Waals surface area (Å²) in [5.74, 6) is 0.776. The van der Waals surface area contributed by atoms with E-state index in [-0.39, 0.29) is 30.1 Å². The number of benzene rings is 2. The first-order valence-corrected chi connectivity index (χ1v) is 13.5. The number of ether oxygens (including phenoxy) is 1. The Kier molecular flexibility index (Phi) is 10.7. The summed E-state index contributed by atoms with van der Waals surface area (Å²) in [4.78, 5) is 37.1. The third-order valence-electron chi connectivity index (χ3n) is 6.45. The number of hydrogen-bond acceptors (Lipinski definition) is 6. The van der Waals surface area contributed by atoms with E-state index in [0.717, 1.165) is 34.2 Å². The molecule has 202 valence electrons. The van der Waals surface area contributed by atoms with Crippen molar-refractivity contribution in [1.82, 2.24) is 10.2 Å². The van der Waals surface area contributed by atoms with Crippen molar-refractivity contribution in [2.45, 2.75) is 57.7 Å². The van der Waals surface area contributed by atoms with E-state index in [4.69, 9.17) is 20.7 Å². The van der Waals surface area contributed by atoms with E-state index in [2.05, 4.69) is 29.2 Å². The van der Waals surface area contributed by atoms with E-state index >= 15 is 0 Å². The van der Waals surface area contributed by atoms with Crippen molar-refractivity contribution >= 4 is 46.2 Å². The zero-order chi connectivity index (χ0) is 27.5. The lowest BCUT2D eigenvalue weighted by Crippen LogP contribution is -2.48. The van der Waals surface area contributed by atoms with Gasteiger partial charge in [-0.2, -0.15) is 0 Å². The van der Waals surface area contributed by atoms with Gasteiger partial charge >= 0.3 is 0 Å². The number of fused-ring (bicyclic) bond motifs is 1. The van der Waals surface area contributed by atoms with Crippen LogP contribution in [0.1, 0.15) is 49.5 Å². The average Bonchev–Trinajstić information content (AvgIpc) is 3.54. The van der Waals surface area contributed by atoms with Crippen molar-refractivity contribution in [3.63, 3.8) is 0 Å². The normalized spacial score (nSPS) is 16.4. The first-order valence-electron chi connectivity index (χ1n) is 12.6. The van der Waals surface area contributed by atoms with E-state index in [0.29, 0.717) is 38.0 Å². The summed E-state index contributed by atoms with van der Waals surface area (Å²) in [7, 11) is 0. The number of unbranched alkanes of at least 4 members (excludes halogenated alkanes) is 1. The molecule has 0 radical (unpaired) electrons. The topological polar surface area (TPSA) is 152 Å². The van der Waals surface area contributed by atoms with Crippen LogP contribution >= 0.6 is 11.3 Å². The first-order chi connectivity index (χ1) is 18.3. The summed E-state index contributed by atoms with van der Waals surface area (Å²) < 4.78 is 5.99. The van der Waals surface area contributed by atoms with E-state index < -0.39 is 6.04 Å². The molecule has 1 aromatic heterocycles. The van der Waals surface area contributed by atoms with Crippen LogP contribution in [0.4, 0.5) is 0 Å². The molecule has 3 aromatic rings. The third-order valence-corrected chi connectivity index (χ3v) is 7.39. The molecule has 6 N–H and O–H groups in total. The molecule has 2 aromatic carbocycles. The fraction of sp³-hybridized carbons (Fsp3) is 0.357. The first kappa shape index (κ1) is 28.6. The van der Waals surface area contributed by atoms with Gasteiger partial charge in [0.2, 0.25) is 18.2 Å². The highest BCUT2D eigenvalue weighted by Crippen LogP contribution is 2.27. The molecular weight excluding hydrogens is 502 g/mol. The van der Waals surface area contributed by atoms with Crippen LogP contribution in [-0.4, -0.2) is 47.7 Å². The van der Waals surface area contributed by atoms with Gasteiger partial charge in [-0.3, -0.25) is 19.8 Å². The fourth-order valence-electron chi connectivity index (χ4n) is 4.58. The number of rotatable bonds is 10. The SMILES string of the molecule is CC1CCC(C(=O)NCc2cc(C(=N)N)cs2)N1C(=O)CCCCOc1cccc2ccccc12.NC=O. The number of thiophene rings is 1. The van der Waals surface area contributed by atoms with E-state index in [1.165, 1.54) is 11.3 Å². The van der Waals surface area contributed by atoms with Crippen LogP contribution < -0.4 is 21.5 Å². The molecule has 0 saturated carbocycles. The van der Waals surface area contributed by atoms with Crippen molar-refractivity contribution in [2.24, 2.45) is 11.5 Å². The smallest absolute Gasteiger partial charge is 0.243 e. The molecule has 1 saturated heterocycles. The van der Waals surface area contributed by atoms with E-state index in [9.17, 15) is 9.59 Å². The number of amidine groups is 1. The zero-order valence-electron chi connectivity index (χ0n) is 21.5. The Bertz CT molecular complexity index is 1260. The maximum atomic E-state index is 13.0. The summed E-state index contributed by atoms with van der Waals surface area (Å²) in [5, 5.41) is 14.5. The van der Waals surface area contributed by atoms with Gasteiger partial charge in [-0.15, -0.1) is 11.3 Å². The largest absolute Gasteiger partial charge is 0.493 e. The fourth-order valence-corrected chi connectivity index (χ4v) is 5.40. The van der Waals surface area contributed by atoms with Crippen molar-refractivity contribution < 1.29 is 19.1 Å². The van der Waals surface area contributed by atoms with Crippen LogP contribution in [0.25, 0.3) is 10.8 Å². The molecule has 38 heavy (non-hydrogen) atoms. The van der Waals surface area contributed by atoms with Crippen LogP contribution in [-0.2, 0) is 20.9 Å². The van der Waals surface area contributed by atoms with Crippen LogP contribution in [0.5, 0.6) is 5.75 Å². The Morgan fingerprint density at radius 3 is 2.66 bits per heavy atom. The molecule has 9 nitrogen and oxygen atoms in total. The van der Waals surface area contributed by atoms with Gasteiger partial charge in [0.05, 0.1) is 13.2 Å². The Morgan fingerprint density at radius 1 is 1.18 bits per heavy atom. The maximum absolute atomic E-state index is 13.0. The summed E-state index contributed by atoms with van der Waals surface area (Å²) in [6.07, 6.45) is 3.63. The Balaban J connectivity index is 0.00000127. The summed E-state index contributed by atoms with van der Waals surface area (Å²) >= 11 is 1.46. The van der Waals surface area contributed by atoms with Crippen molar-refractivity contribution in [3.05, 3.63) is 64.4 Å². The Morgan fingerprint density at radius 2 is 1.92 bits per heavy atom. The summed E-state index contributed by atoms with van der Waals surface area (Å²) in [6, 6.07) is 15.6. The second kappa shape index (κ2) is 14.1. The molecular formula is C28H35N5O4S. The molecule has 2 atom stereocenters. The van der Waals surface area contributed by atoms with E-state index in [1.807, 2.05) is 37.3 Å². The highest BCUT2D eigenvalue weighted by atomic mass is 32.1. The minimum atomic E-state index is -0.434. The molecule has 4 rings (SSSR count). The number of nitrogens with zero attached hydrogens (tertiary/aromatic N) is 1. The summed E-state index contributed by atoms with van der Waals surface area (Å²) in [5.41, 5.74) is 10.3. The number of nitrogens with one attached hydrogen (secondary N) is 2. The van der Waals surface area contributed by atoms with Gasteiger partial charge in [0.1, 0.15) is 17.6 Å². The zero-order valence-corrected chi connectivity index (χ0v) is 22.3. The molecule has 0 bridgehead atoms. The highest BCUT2D eigenvalue weighted by Gasteiger charge is 2.38. The second-order valence-electron chi connectivity index (χ2n) is 9.10. The van der Waals surface area contributed by atoms with Gasteiger partial charge in [0, 0.05) is 33.7 Å². The number of nitrogens with two attached hydrogens (primary N) is 2. The lowest BCUT2D eigenvalue weighted by molar-refractivity contribution is -0.140. The third kappa shape index (κ3) is 7.55. The highest BCUT2D eigenvalue weighted by molar-refractivity contribution is 7.10. The molecule has 1 fully saturated rings. The van der Waals surface area contributed by atoms with Gasteiger partial charge in [-0.1, -0.05) is 36.4 Å². The van der Waals surface area contributed by atoms with Crippen LogP contribution in [0.3, 0.4) is 0 Å². The van der Waals surface area contributed by atoms with Crippen molar-refractivity contribution in [3.8, 4) is 5.75 Å². The van der Waals surface area contributed by atoms with Gasteiger partial charge in [0.25, 0.3) is 0 Å². The van der Waals surface area contributed by atoms with Gasteiger partial charge in [-0.25, -0.2) is 0 Å². The van der Waals surface area contributed by atoms with Crippen molar-refractivity contribution in [1.29, 1.82) is 5.41 Å². The molecule has 0 spiro atoms. The van der Waals surface area contributed by atoms with Crippen LogP contribution in [0, 0.1) is 5.41 Å². The predicted octanol–water partition coefficient (Wildman–Crippen LogP) is 3.53. The molecule has 2 heterocycles. The number of nitrogen functional groups attached to an aromatic ring is 1. The quantitative estimate of drug-likeness (QED) is 0.135. The number of carbonyl (C=O) groups excluding carboxylic acids is 3. The Labute approximate surface area is 226 Å². The minimum absolute atomic E-state index is 0.0164. The molecule has 3 amide bonds. The number of amides is 3. The number of likely N-dealkylation sites (tertiary alicyclic amines) is 1. The maximum Gasteiger partial charge on any atom is 0.243 e. The monoisotopic (exact) mass is 537 g/mol. The van der Waals surface area contributed by atoms with Gasteiger partial charge < -0.3 is 26.4 Å².